The molecule has 0 atom stereocenters. The van der Waals surface area contributed by atoms with Gasteiger partial charge in [0, 0.05) is 11.6 Å². The topological polar surface area (TPSA) is 46.5 Å². The van der Waals surface area contributed by atoms with Gasteiger partial charge in [0.15, 0.2) is 0 Å². The van der Waals surface area contributed by atoms with Gasteiger partial charge in [0.25, 0.3) is 0 Å². The fourth-order valence-electron chi connectivity index (χ4n) is 1.27. The fourth-order valence-corrected chi connectivity index (χ4v) is 1.47. The number of rotatable bonds is 5. The first kappa shape index (κ1) is 12.0. The van der Waals surface area contributed by atoms with Crippen LogP contribution in [0.5, 0.6) is 0 Å². The van der Waals surface area contributed by atoms with Crippen LogP contribution in [0, 0.1) is 0 Å². The maximum absolute atomic E-state index is 10.6. The Balaban J connectivity index is 2.87. The van der Waals surface area contributed by atoms with Gasteiger partial charge in [-0.25, -0.2) is 0 Å². The zero-order valence-electron chi connectivity index (χ0n) is 8.50. The van der Waals surface area contributed by atoms with Crippen LogP contribution in [-0.4, -0.2) is 17.7 Å². The molecule has 0 bridgehead atoms. The maximum atomic E-state index is 10.6. The Kier molecular flexibility index (Phi) is 4.59. The summed E-state index contributed by atoms with van der Waals surface area (Å²) in [5.41, 5.74) is 1.59. The SMILES string of the molecule is CCOCc1ccc(Cl)cc1CC(=O)O. The number of benzene rings is 1. The van der Waals surface area contributed by atoms with E-state index in [-0.39, 0.29) is 6.42 Å². The third-order valence-electron chi connectivity index (χ3n) is 1.97. The van der Waals surface area contributed by atoms with E-state index in [0.29, 0.717) is 23.8 Å². The largest absolute Gasteiger partial charge is 0.481 e. The molecule has 1 N–H and O–H groups in total. The molecule has 0 aliphatic carbocycles. The predicted octanol–water partition coefficient (Wildman–Crippen LogP) is 2.50. The highest BCUT2D eigenvalue weighted by Crippen LogP contribution is 2.17. The molecule has 1 rings (SSSR count). The minimum atomic E-state index is -0.866. The van der Waals surface area contributed by atoms with Crippen LogP contribution < -0.4 is 0 Å². The normalized spacial score (nSPS) is 10.3. The lowest BCUT2D eigenvalue weighted by Gasteiger charge is -2.08. The third-order valence-corrected chi connectivity index (χ3v) is 2.21. The summed E-state index contributed by atoms with van der Waals surface area (Å²) in [5, 5.41) is 9.27. The molecule has 0 radical (unpaired) electrons. The van der Waals surface area contributed by atoms with Crippen molar-refractivity contribution in [2.45, 2.75) is 20.0 Å². The lowest BCUT2D eigenvalue weighted by molar-refractivity contribution is -0.136. The van der Waals surface area contributed by atoms with E-state index in [9.17, 15) is 4.79 Å². The van der Waals surface area contributed by atoms with Gasteiger partial charge in [-0.3, -0.25) is 4.79 Å². The first-order valence-electron chi connectivity index (χ1n) is 4.70. The molecule has 4 heteroatoms. The molecule has 0 amide bonds. The second-order valence-electron chi connectivity index (χ2n) is 3.12. The van der Waals surface area contributed by atoms with Crippen LogP contribution in [-0.2, 0) is 22.6 Å². The van der Waals surface area contributed by atoms with Crippen LogP contribution >= 0.6 is 11.6 Å². The van der Waals surface area contributed by atoms with E-state index < -0.39 is 5.97 Å². The molecule has 0 saturated carbocycles. The van der Waals surface area contributed by atoms with Crippen molar-refractivity contribution in [3.05, 3.63) is 34.3 Å². The quantitative estimate of drug-likeness (QED) is 0.842. The van der Waals surface area contributed by atoms with E-state index in [1.54, 1.807) is 18.2 Å². The molecule has 0 fully saturated rings. The number of ether oxygens (including phenoxy) is 1. The molecule has 0 aliphatic heterocycles. The molecule has 0 unspecified atom stereocenters. The van der Waals surface area contributed by atoms with E-state index >= 15 is 0 Å². The minimum absolute atomic E-state index is 0.0248. The lowest BCUT2D eigenvalue weighted by Crippen LogP contribution is -2.05. The van der Waals surface area contributed by atoms with E-state index in [2.05, 4.69) is 0 Å². The molecule has 1 aromatic carbocycles. The Morgan fingerprint density at radius 3 is 2.80 bits per heavy atom. The monoisotopic (exact) mass is 228 g/mol. The summed E-state index contributed by atoms with van der Waals surface area (Å²) in [6, 6.07) is 5.21. The van der Waals surface area contributed by atoms with Gasteiger partial charge in [-0.05, 0) is 30.2 Å². The number of hydrogen-bond acceptors (Lipinski definition) is 2. The van der Waals surface area contributed by atoms with Crippen LogP contribution in [0.4, 0.5) is 0 Å². The number of carboxylic acids is 1. The second-order valence-corrected chi connectivity index (χ2v) is 3.56. The lowest BCUT2D eigenvalue weighted by atomic mass is 10.1. The number of hydrogen-bond donors (Lipinski definition) is 1. The Bertz CT molecular complexity index is 350. The molecule has 0 aliphatic rings. The van der Waals surface area contributed by atoms with Crippen LogP contribution in [0.15, 0.2) is 18.2 Å². The first-order valence-corrected chi connectivity index (χ1v) is 5.08. The highest BCUT2D eigenvalue weighted by molar-refractivity contribution is 6.30. The van der Waals surface area contributed by atoms with E-state index in [1.165, 1.54) is 0 Å². The third kappa shape index (κ3) is 3.90. The minimum Gasteiger partial charge on any atom is -0.481 e. The number of halogens is 1. The van der Waals surface area contributed by atoms with Crippen LogP contribution in [0.1, 0.15) is 18.1 Å². The predicted molar refractivity (Wildman–Crippen MR) is 58.1 cm³/mol. The van der Waals surface area contributed by atoms with E-state index in [4.69, 9.17) is 21.4 Å². The van der Waals surface area contributed by atoms with Crippen LogP contribution in [0.2, 0.25) is 5.02 Å². The highest BCUT2D eigenvalue weighted by Gasteiger charge is 2.07. The Hall–Kier alpha value is -1.06. The number of carbonyl (C=O) groups is 1. The molecule has 0 aromatic heterocycles. The molecule has 1 aromatic rings. The van der Waals surface area contributed by atoms with Crippen molar-refractivity contribution in [2.24, 2.45) is 0 Å². The zero-order valence-corrected chi connectivity index (χ0v) is 9.25. The second kappa shape index (κ2) is 5.73. The van der Waals surface area contributed by atoms with Crippen molar-refractivity contribution < 1.29 is 14.6 Å². The molecular formula is C11H13ClO3. The van der Waals surface area contributed by atoms with Gasteiger partial charge in [-0.1, -0.05) is 17.7 Å². The molecule has 82 valence electrons. The molecular weight excluding hydrogens is 216 g/mol. The van der Waals surface area contributed by atoms with Crippen molar-refractivity contribution in [3.8, 4) is 0 Å². The fraction of sp³-hybridized carbons (Fsp3) is 0.364. The molecule has 3 nitrogen and oxygen atoms in total. The average Bonchev–Trinajstić information content (AvgIpc) is 2.16. The van der Waals surface area contributed by atoms with Gasteiger partial charge >= 0.3 is 5.97 Å². The summed E-state index contributed by atoms with van der Waals surface area (Å²) < 4.78 is 5.25. The Morgan fingerprint density at radius 1 is 1.47 bits per heavy atom. The van der Waals surface area contributed by atoms with Crippen molar-refractivity contribution in [3.63, 3.8) is 0 Å². The van der Waals surface area contributed by atoms with Gasteiger partial charge in [-0.2, -0.15) is 0 Å². The summed E-state index contributed by atoms with van der Waals surface area (Å²) in [6.45, 7) is 2.93. The van der Waals surface area contributed by atoms with Gasteiger partial charge in [0.2, 0.25) is 0 Å². The molecule has 15 heavy (non-hydrogen) atoms. The first-order chi connectivity index (χ1) is 7.13. The number of carboxylic acid groups (broad SMARTS) is 1. The summed E-state index contributed by atoms with van der Waals surface area (Å²) in [7, 11) is 0. The van der Waals surface area contributed by atoms with Crippen molar-refractivity contribution in [1.82, 2.24) is 0 Å². The average molecular weight is 229 g/mol. The smallest absolute Gasteiger partial charge is 0.307 e. The highest BCUT2D eigenvalue weighted by atomic mass is 35.5. The van der Waals surface area contributed by atoms with Crippen molar-refractivity contribution in [2.75, 3.05) is 6.61 Å². The number of aliphatic carboxylic acids is 1. The van der Waals surface area contributed by atoms with E-state index in [1.807, 2.05) is 6.92 Å². The summed E-state index contributed by atoms with van der Waals surface area (Å²) in [4.78, 5) is 10.6. The molecule has 0 saturated heterocycles. The summed E-state index contributed by atoms with van der Waals surface area (Å²) in [6.07, 6.45) is -0.0248. The molecule has 0 heterocycles. The Labute approximate surface area is 93.6 Å². The maximum Gasteiger partial charge on any atom is 0.307 e. The van der Waals surface area contributed by atoms with E-state index in [0.717, 1.165) is 5.56 Å². The van der Waals surface area contributed by atoms with Crippen LogP contribution in [0.3, 0.4) is 0 Å². The summed E-state index contributed by atoms with van der Waals surface area (Å²) in [5.74, 6) is -0.866. The van der Waals surface area contributed by atoms with Gasteiger partial charge in [0.1, 0.15) is 0 Å². The van der Waals surface area contributed by atoms with Crippen molar-refractivity contribution >= 4 is 17.6 Å². The standard InChI is InChI=1S/C11H13ClO3/c1-2-15-7-8-3-4-10(12)5-9(8)6-11(13)14/h3-5H,2,6-7H2,1H3,(H,13,14). The van der Waals surface area contributed by atoms with Gasteiger partial charge in [0.05, 0.1) is 13.0 Å². The van der Waals surface area contributed by atoms with Crippen LogP contribution in [0.25, 0.3) is 0 Å². The summed E-state index contributed by atoms with van der Waals surface area (Å²) >= 11 is 5.80. The Morgan fingerprint density at radius 2 is 2.20 bits per heavy atom. The zero-order chi connectivity index (χ0) is 11.3. The van der Waals surface area contributed by atoms with Gasteiger partial charge in [-0.15, -0.1) is 0 Å². The molecule has 0 spiro atoms. The van der Waals surface area contributed by atoms with Crippen molar-refractivity contribution in [1.29, 1.82) is 0 Å². The van der Waals surface area contributed by atoms with Gasteiger partial charge < -0.3 is 9.84 Å².